The second kappa shape index (κ2) is 3.84. The maximum Gasteiger partial charge on any atom is 0.0627 e. The molecule has 0 radical (unpaired) electrons. The largest absolute Gasteiger partial charge is 0.375 e. The Hall–Kier alpha value is -0.910. The van der Waals surface area contributed by atoms with Crippen molar-refractivity contribution in [3.63, 3.8) is 0 Å². The van der Waals surface area contributed by atoms with Gasteiger partial charge in [-0.3, -0.25) is 16.0 Å². The van der Waals surface area contributed by atoms with Gasteiger partial charge in [0.15, 0.2) is 0 Å². The van der Waals surface area contributed by atoms with E-state index in [4.69, 9.17) is 10.6 Å². The van der Waals surface area contributed by atoms with E-state index in [-0.39, 0.29) is 6.04 Å². The zero-order chi connectivity index (χ0) is 11.1. The van der Waals surface area contributed by atoms with Crippen molar-refractivity contribution in [1.82, 2.24) is 15.2 Å². The highest BCUT2D eigenvalue weighted by molar-refractivity contribution is 5.14. The fourth-order valence-electron chi connectivity index (χ4n) is 3.10. The number of aromatic nitrogens is 2. The molecule has 2 aliphatic heterocycles. The second-order valence-corrected chi connectivity index (χ2v) is 4.87. The number of hydrazine groups is 1. The number of rotatable bonds is 3. The summed E-state index contributed by atoms with van der Waals surface area (Å²) in [4.78, 5) is 0. The van der Waals surface area contributed by atoms with Crippen molar-refractivity contribution in [2.24, 2.45) is 18.8 Å². The molecule has 2 bridgehead atoms. The number of nitrogens with one attached hydrogen (secondary N) is 1. The van der Waals surface area contributed by atoms with Crippen LogP contribution in [0.1, 0.15) is 30.9 Å². The normalized spacial score (nSPS) is 34.5. The number of fused-ring (bicyclic) bond motifs is 2. The van der Waals surface area contributed by atoms with Crippen molar-refractivity contribution in [3.8, 4) is 0 Å². The third-order valence-corrected chi connectivity index (χ3v) is 3.84. The first-order valence-electron chi connectivity index (χ1n) is 5.88. The van der Waals surface area contributed by atoms with Crippen molar-refractivity contribution in [2.75, 3.05) is 0 Å². The molecule has 1 aromatic rings. The van der Waals surface area contributed by atoms with Crippen LogP contribution in [0.3, 0.4) is 0 Å². The van der Waals surface area contributed by atoms with Gasteiger partial charge in [0.05, 0.1) is 24.4 Å². The van der Waals surface area contributed by atoms with E-state index < -0.39 is 0 Å². The van der Waals surface area contributed by atoms with E-state index in [0.717, 1.165) is 12.0 Å². The molecule has 3 rings (SSSR count). The van der Waals surface area contributed by atoms with Gasteiger partial charge in [-0.15, -0.1) is 0 Å². The van der Waals surface area contributed by atoms with E-state index in [1.165, 1.54) is 12.8 Å². The molecule has 1 aromatic heterocycles. The lowest BCUT2D eigenvalue weighted by Gasteiger charge is -2.26. The molecule has 2 saturated heterocycles. The minimum Gasteiger partial charge on any atom is -0.375 e. The van der Waals surface area contributed by atoms with Crippen molar-refractivity contribution in [3.05, 3.63) is 18.0 Å². The molecule has 0 aromatic carbocycles. The molecule has 0 saturated carbocycles. The van der Waals surface area contributed by atoms with Gasteiger partial charge in [-0.25, -0.2) is 0 Å². The zero-order valence-electron chi connectivity index (χ0n) is 9.47. The van der Waals surface area contributed by atoms with Crippen molar-refractivity contribution >= 4 is 0 Å². The molecule has 88 valence electrons. The fourth-order valence-corrected chi connectivity index (χ4v) is 3.10. The number of nitrogens with two attached hydrogens (primary N) is 1. The minimum atomic E-state index is 0.170. The van der Waals surface area contributed by atoms with Gasteiger partial charge in [0.2, 0.25) is 0 Å². The SMILES string of the molecule is Cn1cc(C(NN)C2CC3CCC2O3)cn1. The summed E-state index contributed by atoms with van der Waals surface area (Å²) in [6.07, 6.45) is 8.26. The topological polar surface area (TPSA) is 65.1 Å². The number of ether oxygens (including phenoxy) is 1. The van der Waals surface area contributed by atoms with E-state index >= 15 is 0 Å². The van der Waals surface area contributed by atoms with Crippen molar-refractivity contribution < 1.29 is 4.74 Å². The first kappa shape index (κ1) is 10.3. The highest BCUT2D eigenvalue weighted by Crippen LogP contribution is 2.44. The molecule has 0 aliphatic carbocycles. The first-order chi connectivity index (χ1) is 7.78. The van der Waals surface area contributed by atoms with Crippen LogP contribution in [0.15, 0.2) is 12.4 Å². The van der Waals surface area contributed by atoms with Gasteiger partial charge in [-0.2, -0.15) is 5.10 Å². The van der Waals surface area contributed by atoms with E-state index in [1.54, 1.807) is 0 Å². The molecule has 4 unspecified atom stereocenters. The van der Waals surface area contributed by atoms with Gasteiger partial charge in [-0.05, 0) is 19.3 Å². The average Bonchev–Trinajstić information content (AvgIpc) is 2.96. The highest BCUT2D eigenvalue weighted by Gasteiger charge is 2.44. The maximum atomic E-state index is 5.87. The number of aryl methyl sites for hydroxylation is 1. The highest BCUT2D eigenvalue weighted by atomic mass is 16.5. The predicted octanol–water partition coefficient (Wildman–Crippen LogP) is 0.492. The van der Waals surface area contributed by atoms with Crippen LogP contribution >= 0.6 is 0 Å². The standard InChI is InChI=1S/C11H18N4O/c1-15-6-7(5-13-15)11(14-12)9-4-8-2-3-10(9)16-8/h5-6,8-11,14H,2-4,12H2,1H3. The minimum absolute atomic E-state index is 0.170. The van der Waals surface area contributed by atoms with Crippen LogP contribution < -0.4 is 11.3 Å². The lowest BCUT2D eigenvalue weighted by atomic mass is 9.82. The van der Waals surface area contributed by atoms with Crippen molar-refractivity contribution in [2.45, 2.75) is 37.5 Å². The molecule has 4 atom stereocenters. The fraction of sp³-hybridized carbons (Fsp3) is 0.727. The van der Waals surface area contributed by atoms with E-state index in [9.17, 15) is 0 Å². The monoisotopic (exact) mass is 222 g/mol. The Kier molecular flexibility index (Phi) is 2.46. The van der Waals surface area contributed by atoms with Crippen LogP contribution in [-0.2, 0) is 11.8 Å². The van der Waals surface area contributed by atoms with Gasteiger partial charge >= 0.3 is 0 Å². The summed E-state index contributed by atoms with van der Waals surface area (Å²) >= 11 is 0. The second-order valence-electron chi connectivity index (χ2n) is 4.87. The molecule has 2 aliphatic rings. The Bertz CT molecular complexity index is 378. The van der Waals surface area contributed by atoms with E-state index in [1.807, 2.05) is 24.1 Å². The summed E-state index contributed by atoms with van der Waals surface area (Å²) in [5.74, 6) is 6.18. The molecule has 2 fully saturated rings. The Labute approximate surface area is 94.9 Å². The molecule has 5 heteroatoms. The first-order valence-corrected chi connectivity index (χ1v) is 5.88. The molecular weight excluding hydrogens is 204 g/mol. The van der Waals surface area contributed by atoms with Gasteiger partial charge < -0.3 is 4.74 Å². The van der Waals surface area contributed by atoms with Gasteiger partial charge in [0.25, 0.3) is 0 Å². The lowest BCUT2D eigenvalue weighted by molar-refractivity contribution is 0.0857. The van der Waals surface area contributed by atoms with Crippen LogP contribution in [0.4, 0.5) is 0 Å². The molecule has 0 amide bonds. The lowest BCUT2D eigenvalue weighted by Crippen LogP contribution is -2.37. The van der Waals surface area contributed by atoms with Crippen LogP contribution in [0.25, 0.3) is 0 Å². The molecular formula is C11H18N4O. The zero-order valence-corrected chi connectivity index (χ0v) is 9.47. The van der Waals surface area contributed by atoms with E-state index in [2.05, 4.69) is 10.5 Å². The number of hydrogen-bond acceptors (Lipinski definition) is 4. The Balaban J connectivity index is 1.81. The average molecular weight is 222 g/mol. The maximum absolute atomic E-state index is 5.87. The third-order valence-electron chi connectivity index (χ3n) is 3.84. The molecule has 5 nitrogen and oxygen atoms in total. The predicted molar refractivity (Wildman–Crippen MR) is 59.3 cm³/mol. The molecule has 3 N–H and O–H groups in total. The summed E-state index contributed by atoms with van der Waals surface area (Å²) in [5, 5.41) is 4.20. The smallest absolute Gasteiger partial charge is 0.0627 e. The quantitative estimate of drug-likeness (QED) is 0.577. The Morgan fingerprint density at radius 1 is 1.62 bits per heavy atom. The Morgan fingerprint density at radius 2 is 2.50 bits per heavy atom. The van der Waals surface area contributed by atoms with Gasteiger partial charge in [0, 0.05) is 24.7 Å². The summed E-state index contributed by atoms with van der Waals surface area (Å²) in [6.45, 7) is 0. The molecule has 3 heterocycles. The van der Waals surface area contributed by atoms with Gasteiger partial charge in [-0.1, -0.05) is 0 Å². The Morgan fingerprint density at radius 3 is 3.00 bits per heavy atom. The summed E-state index contributed by atoms with van der Waals surface area (Å²) < 4.78 is 7.69. The van der Waals surface area contributed by atoms with Crippen LogP contribution in [0.5, 0.6) is 0 Å². The van der Waals surface area contributed by atoms with Gasteiger partial charge in [0.1, 0.15) is 0 Å². The molecule has 16 heavy (non-hydrogen) atoms. The summed E-state index contributed by atoms with van der Waals surface area (Å²) in [5.41, 5.74) is 4.08. The van der Waals surface area contributed by atoms with Crippen LogP contribution in [0, 0.1) is 5.92 Å². The third kappa shape index (κ3) is 1.55. The summed E-state index contributed by atoms with van der Waals surface area (Å²) in [6, 6.07) is 0.170. The number of nitrogens with zero attached hydrogens (tertiary/aromatic N) is 2. The van der Waals surface area contributed by atoms with E-state index in [0.29, 0.717) is 18.1 Å². The summed E-state index contributed by atoms with van der Waals surface area (Å²) in [7, 11) is 1.92. The van der Waals surface area contributed by atoms with Crippen LogP contribution in [-0.4, -0.2) is 22.0 Å². The number of hydrogen-bond donors (Lipinski definition) is 2. The molecule has 0 spiro atoms. The van der Waals surface area contributed by atoms with Crippen molar-refractivity contribution in [1.29, 1.82) is 0 Å². The van der Waals surface area contributed by atoms with Crippen LogP contribution in [0.2, 0.25) is 0 Å².